The van der Waals surface area contributed by atoms with Crippen LogP contribution in [0.1, 0.15) is 0 Å². The van der Waals surface area contributed by atoms with Crippen molar-refractivity contribution in [3.05, 3.63) is 45.4 Å². The van der Waals surface area contributed by atoms with E-state index in [4.69, 9.17) is 39.2 Å². The monoisotopic (exact) mass is 270 g/mol. The van der Waals surface area contributed by atoms with E-state index in [2.05, 4.69) is 0 Å². The molecule has 0 unspecified atom stereocenters. The van der Waals surface area contributed by atoms with Crippen molar-refractivity contribution < 1.29 is 4.42 Å². The van der Waals surface area contributed by atoms with Gasteiger partial charge in [0, 0.05) is 10.8 Å². The van der Waals surface area contributed by atoms with E-state index >= 15 is 0 Å². The zero-order chi connectivity index (χ0) is 11.3. The van der Waals surface area contributed by atoms with Crippen molar-refractivity contribution in [1.29, 1.82) is 0 Å². The van der Waals surface area contributed by atoms with E-state index in [1.807, 2.05) is 12.1 Å². The fraction of sp³-hybridized carbons (Fsp3) is 0. The molecule has 0 aliphatic carbocycles. The van der Waals surface area contributed by atoms with E-state index in [9.17, 15) is 0 Å². The maximum atomic E-state index is 6.14. The third-order valence-corrected chi connectivity index (χ3v) is 3.42. The second-order valence-electron chi connectivity index (χ2n) is 3.45. The number of hydrogen-bond donors (Lipinski definition) is 0. The molecule has 0 amide bonds. The lowest BCUT2D eigenvalue weighted by molar-refractivity contribution is 0.669. The number of furan rings is 1. The summed E-state index contributed by atoms with van der Waals surface area (Å²) < 4.78 is 5.64. The maximum absolute atomic E-state index is 6.14. The number of halogens is 3. The summed E-state index contributed by atoms with van der Waals surface area (Å²) in [5, 5.41) is 3.32. The van der Waals surface area contributed by atoms with E-state index < -0.39 is 0 Å². The topological polar surface area (TPSA) is 13.1 Å². The zero-order valence-corrected chi connectivity index (χ0v) is 10.2. The highest BCUT2D eigenvalue weighted by Crippen LogP contribution is 2.40. The lowest BCUT2D eigenvalue weighted by Crippen LogP contribution is -1.72. The lowest BCUT2D eigenvalue weighted by Gasteiger charge is -1.96. The average molecular weight is 272 g/mol. The molecule has 0 radical (unpaired) electrons. The number of fused-ring (bicyclic) bond motifs is 3. The van der Waals surface area contributed by atoms with Gasteiger partial charge >= 0.3 is 0 Å². The van der Waals surface area contributed by atoms with Crippen LogP contribution in [0, 0.1) is 0 Å². The van der Waals surface area contributed by atoms with Gasteiger partial charge in [-0.2, -0.15) is 0 Å². The first-order chi connectivity index (χ1) is 7.68. The first kappa shape index (κ1) is 10.3. The summed E-state index contributed by atoms with van der Waals surface area (Å²) in [6, 6.07) is 8.92. The van der Waals surface area contributed by atoms with Gasteiger partial charge in [0.15, 0.2) is 5.58 Å². The minimum atomic E-state index is 0.534. The molecule has 0 aliphatic rings. The van der Waals surface area contributed by atoms with Crippen molar-refractivity contribution >= 4 is 56.7 Å². The SMILES string of the molecule is Clc1ccc(Cl)c2c1oc1cccc(Cl)c12. The van der Waals surface area contributed by atoms with Crippen molar-refractivity contribution in [2.75, 3.05) is 0 Å². The normalized spacial score (nSPS) is 11.4. The summed E-state index contributed by atoms with van der Waals surface area (Å²) in [6.07, 6.45) is 0. The Hall–Kier alpha value is -0.890. The van der Waals surface area contributed by atoms with Crippen LogP contribution in [0.15, 0.2) is 34.7 Å². The molecule has 0 N–H and O–H groups in total. The summed E-state index contributed by atoms with van der Waals surface area (Å²) in [6.45, 7) is 0. The van der Waals surface area contributed by atoms with Crippen molar-refractivity contribution in [2.45, 2.75) is 0 Å². The second-order valence-corrected chi connectivity index (χ2v) is 4.67. The zero-order valence-electron chi connectivity index (χ0n) is 7.93. The highest BCUT2D eigenvalue weighted by Gasteiger charge is 2.15. The van der Waals surface area contributed by atoms with Gasteiger partial charge in [0.2, 0.25) is 0 Å². The standard InChI is InChI=1S/C12H5Cl3O/c13-6-2-1-3-9-10(6)11-7(14)4-5-8(15)12(11)16-9/h1-5H. The summed E-state index contributed by atoms with van der Waals surface area (Å²) in [4.78, 5) is 0. The Morgan fingerprint density at radius 2 is 1.44 bits per heavy atom. The Morgan fingerprint density at radius 3 is 2.25 bits per heavy atom. The van der Waals surface area contributed by atoms with Gasteiger partial charge in [-0.3, -0.25) is 0 Å². The van der Waals surface area contributed by atoms with Crippen molar-refractivity contribution in [1.82, 2.24) is 0 Å². The highest BCUT2D eigenvalue weighted by atomic mass is 35.5. The molecule has 0 bridgehead atoms. The van der Waals surface area contributed by atoms with Gasteiger partial charge in [0.05, 0.1) is 15.1 Å². The van der Waals surface area contributed by atoms with E-state index in [-0.39, 0.29) is 0 Å². The largest absolute Gasteiger partial charge is 0.454 e. The Bertz CT molecular complexity index is 700. The number of hydrogen-bond acceptors (Lipinski definition) is 1. The van der Waals surface area contributed by atoms with E-state index in [0.717, 1.165) is 10.8 Å². The fourth-order valence-corrected chi connectivity index (χ4v) is 2.51. The summed E-state index contributed by atoms with van der Waals surface area (Å²) in [7, 11) is 0. The van der Waals surface area contributed by atoms with Crippen LogP contribution in [0.5, 0.6) is 0 Å². The molecule has 4 heteroatoms. The Balaban J connectivity index is 2.68. The number of rotatable bonds is 0. The maximum Gasteiger partial charge on any atom is 0.155 e. The lowest BCUT2D eigenvalue weighted by atomic mass is 10.1. The van der Waals surface area contributed by atoms with Gasteiger partial charge in [0.25, 0.3) is 0 Å². The minimum absolute atomic E-state index is 0.534. The molecule has 80 valence electrons. The molecular weight excluding hydrogens is 266 g/mol. The summed E-state index contributed by atoms with van der Waals surface area (Å²) in [5.41, 5.74) is 1.27. The van der Waals surface area contributed by atoms with E-state index in [1.54, 1.807) is 18.2 Å². The van der Waals surface area contributed by atoms with Crippen LogP contribution >= 0.6 is 34.8 Å². The predicted molar refractivity (Wildman–Crippen MR) is 68.8 cm³/mol. The molecule has 0 saturated heterocycles. The smallest absolute Gasteiger partial charge is 0.155 e. The van der Waals surface area contributed by atoms with Crippen LogP contribution in [0.25, 0.3) is 21.9 Å². The predicted octanol–water partition coefficient (Wildman–Crippen LogP) is 5.55. The molecule has 1 heterocycles. The first-order valence-electron chi connectivity index (χ1n) is 4.63. The van der Waals surface area contributed by atoms with Gasteiger partial charge < -0.3 is 4.42 Å². The van der Waals surface area contributed by atoms with Gasteiger partial charge in [-0.05, 0) is 24.3 Å². The Morgan fingerprint density at radius 1 is 0.750 bits per heavy atom. The molecule has 0 aliphatic heterocycles. The highest BCUT2D eigenvalue weighted by molar-refractivity contribution is 6.45. The van der Waals surface area contributed by atoms with Gasteiger partial charge in [-0.1, -0.05) is 40.9 Å². The van der Waals surface area contributed by atoms with Crippen molar-refractivity contribution in [2.24, 2.45) is 0 Å². The van der Waals surface area contributed by atoms with Crippen LogP contribution < -0.4 is 0 Å². The van der Waals surface area contributed by atoms with Crippen LogP contribution in [0.4, 0.5) is 0 Å². The molecule has 2 aromatic carbocycles. The minimum Gasteiger partial charge on any atom is -0.454 e. The molecule has 3 aromatic rings. The third kappa shape index (κ3) is 1.32. The molecular formula is C12H5Cl3O. The van der Waals surface area contributed by atoms with E-state index in [1.165, 1.54) is 0 Å². The van der Waals surface area contributed by atoms with Gasteiger partial charge in [-0.25, -0.2) is 0 Å². The first-order valence-corrected chi connectivity index (χ1v) is 5.76. The molecule has 16 heavy (non-hydrogen) atoms. The van der Waals surface area contributed by atoms with Crippen molar-refractivity contribution in [3.63, 3.8) is 0 Å². The van der Waals surface area contributed by atoms with Crippen LogP contribution in [0.3, 0.4) is 0 Å². The van der Waals surface area contributed by atoms with E-state index in [0.29, 0.717) is 26.2 Å². The second kappa shape index (κ2) is 3.56. The van der Waals surface area contributed by atoms with Crippen molar-refractivity contribution in [3.8, 4) is 0 Å². The summed E-state index contributed by atoms with van der Waals surface area (Å²) >= 11 is 18.3. The van der Waals surface area contributed by atoms with Gasteiger partial charge in [0.1, 0.15) is 5.58 Å². The molecule has 0 fully saturated rings. The van der Waals surface area contributed by atoms with Crippen LogP contribution in [-0.4, -0.2) is 0 Å². The van der Waals surface area contributed by atoms with Gasteiger partial charge in [-0.15, -0.1) is 0 Å². The Kier molecular flexibility index (Phi) is 2.28. The quantitative estimate of drug-likeness (QED) is 0.523. The number of benzene rings is 2. The molecule has 0 atom stereocenters. The average Bonchev–Trinajstić information content (AvgIpc) is 2.65. The molecule has 0 spiro atoms. The fourth-order valence-electron chi connectivity index (χ4n) is 1.81. The third-order valence-electron chi connectivity index (χ3n) is 2.50. The summed E-state index contributed by atoms with van der Waals surface area (Å²) in [5.74, 6) is 0. The molecule has 3 rings (SSSR count). The van der Waals surface area contributed by atoms with Crippen LogP contribution in [-0.2, 0) is 0 Å². The Labute approximate surface area is 106 Å². The molecule has 1 aromatic heterocycles. The molecule has 1 nitrogen and oxygen atoms in total. The van der Waals surface area contributed by atoms with Crippen LogP contribution in [0.2, 0.25) is 15.1 Å². The molecule has 0 saturated carbocycles.